The van der Waals surface area contributed by atoms with Gasteiger partial charge < -0.3 is 14.8 Å². The highest BCUT2D eigenvalue weighted by Crippen LogP contribution is 2.21. The number of carbonyl (C=O) groups excluding carboxylic acids is 2. The Kier molecular flexibility index (Phi) is 5.96. The quantitative estimate of drug-likeness (QED) is 0.616. The number of anilines is 1. The first-order chi connectivity index (χ1) is 13.9. The molecule has 0 saturated heterocycles. The smallest absolute Gasteiger partial charge is 0.363 e. The van der Waals surface area contributed by atoms with Crippen LogP contribution in [0.3, 0.4) is 0 Å². The number of carbonyl (C=O) groups is 2. The lowest BCUT2D eigenvalue weighted by atomic mass is 10.3. The molecular weight excluding hydrogens is 374 g/mol. The van der Waals surface area contributed by atoms with Crippen molar-refractivity contribution in [3.05, 3.63) is 54.5 Å². The van der Waals surface area contributed by atoms with Gasteiger partial charge in [0.2, 0.25) is 5.69 Å². The van der Waals surface area contributed by atoms with Gasteiger partial charge in [0.25, 0.3) is 5.91 Å². The maximum absolute atomic E-state index is 12.6. The van der Waals surface area contributed by atoms with Crippen LogP contribution in [0, 0.1) is 0 Å². The van der Waals surface area contributed by atoms with E-state index in [-0.39, 0.29) is 17.5 Å². The van der Waals surface area contributed by atoms with Crippen molar-refractivity contribution in [2.75, 3.05) is 12.4 Å². The summed E-state index contributed by atoms with van der Waals surface area (Å²) in [5.41, 5.74) is 0.751. The van der Waals surface area contributed by atoms with Crippen molar-refractivity contribution in [3.63, 3.8) is 0 Å². The Balaban J connectivity index is 1.71. The first kappa shape index (κ1) is 20.1. The van der Waals surface area contributed by atoms with Crippen LogP contribution in [0.5, 0.6) is 5.75 Å². The molecule has 1 N–H and O–H groups in total. The van der Waals surface area contributed by atoms with Gasteiger partial charge in [-0.25, -0.2) is 14.2 Å². The van der Waals surface area contributed by atoms with Gasteiger partial charge in [0.1, 0.15) is 5.82 Å². The lowest BCUT2D eigenvalue weighted by Crippen LogP contribution is -2.31. The van der Waals surface area contributed by atoms with Crippen molar-refractivity contribution in [1.82, 2.24) is 19.6 Å². The van der Waals surface area contributed by atoms with Gasteiger partial charge in [0.05, 0.1) is 25.2 Å². The summed E-state index contributed by atoms with van der Waals surface area (Å²) >= 11 is 0. The summed E-state index contributed by atoms with van der Waals surface area (Å²) in [5.74, 6) is -0.443. The van der Waals surface area contributed by atoms with Gasteiger partial charge in [-0.15, -0.1) is 0 Å². The van der Waals surface area contributed by atoms with Crippen LogP contribution in [0.4, 0.5) is 5.82 Å². The minimum absolute atomic E-state index is 0.0109. The molecule has 3 aromatic rings. The molecule has 152 valence electrons. The number of nitrogens with one attached hydrogen (secondary N) is 1. The van der Waals surface area contributed by atoms with Crippen LogP contribution in [0.1, 0.15) is 37.3 Å². The van der Waals surface area contributed by atoms with Crippen LogP contribution >= 0.6 is 0 Å². The summed E-state index contributed by atoms with van der Waals surface area (Å²) in [5, 5.41) is 11.1. The molecule has 1 aromatic carbocycles. The minimum Gasteiger partial charge on any atom is -0.493 e. The number of hydrogen-bond donors (Lipinski definition) is 1. The Hall–Kier alpha value is -3.62. The van der Waals surface area contributed by atoms with E-state index in [1.54, 1.807) is 23.1 Å². The molecule has 2 aromatic heterocycles. The lowest BCUT2D eigenvalue weighted by Gasteiger charge is -2.15. The second-order valence-corrected chi connectivity index (χ2v) is 6.62. The third-order valence-electron chi connectivity index (χ3n) is 4.18. The van der Waals surface area contributed by atoms with Crippen LogP contribution in [0.15, 0.2) is 48.8 Å². The zero-order chi connectivity index (χ0) is 21.0. The first-order valence-electron chi connectivity index (χ1n) is 9.15. The number of rotatable bonds is 7. The number of hydrogen-bond acceptors (Lipinski definition) is 6. The summed E-state index contributed by atoms with van der Waals surface area (Å²) < 4.78 is 13.7. The molecule has 0 aliphatic heterocycles. The van der Waals surface area contributed by atoms with Gasteiger partial charge >= 0.3 is 5.97 Å². The summed E-state index contributed by atoms with van der Waals surface area (Å²) in [6.07, 6.45) is 2.13. The van der Waals surface area contributed by atoms with E-state index >= 15 is 0 Å². The van der Waals surface area contributed by atoms with E-state index in [9.17, 15) is 9.59 Å². The largest absolute Gasteiger partial charge is 0.493 e. The normalized spacial score (nSPS) is 11.9. The van der Waals surface area contributed by atoms with Crippen LogP contribution in [0.2, 0.25) is 0 Å². The highest BCUT2D eigenvalue weighted by Gasteiger charge is 2.25. The molecule has 0 unspecified atom stereocenters. The van der Waals surface area contributed by atoms with Crippen LogP contribution in [0.25, 0.3) is 5.69 Å². The van der Waals surface area contributed by atoms with Gasteiger partial charge in [0, 0.05) is 12.1 Å². The second kappa shape index (κ2) is 8.59. The molecule has 0 aliphatic rings. The molecule has 0 fully saturated rings. The number of benzene rings is 1. The fraction of sp³-hybridized carbons (Fsp3) is 0.300. The van der Waals surface area contributed by atoms with Crippen molar-refractivity contribution in [1.29, 1.82) is 0 Å². The predicted molar refractivity (Wildman–Crippen MR) is 106 cm³/mol. The van der Waals surface area contributed by atoms with Crippen molar-refractivity contribution >= 4 is 17.7 Å². The van der Waals surface area contributed by atoms with E-state index < -0.39 is 18.0 Å². The Bertz CT molecular complexity index is 993. The average Bonchev–Trinajstić information content (AvgIpc) is 3.35. The average molecular weight is 397 g/mol. The second-order valence-electron chi connectivity index (χ2n) is 6.62. The third-order valence-corrected chi connectivity index (χ3v) is 4.18. The molecule has 1 amide bonds. The summed E-state index contributed by atoms with van der Waals surface area (Å²) in [6, 6.07) is 11.0. The number of esters is 1. The van der Waals surface area contributed by atoms with E-state index in [0.29, 0.717) is 5.82 Å². The van der Waals surface area contributed by atoms with Crippen molar-refractivity contribution in [2.24, 2.45) is 0 Å². The molecular formula is C20H23N5O4. The molecule has 0 saturated carbocycles. The number of ether oxygens (including phenoxy) is 2. The number of nitrogens with zero attached hydrogens (tertiary/aromatic N) is 4. The molecule has 0 radical (unpaired) electrons. The number of amides is 1. The Morgan fingerprint density at radius 2 is 1.83 bits per heavy atom. The third kappa shape index (κ3) is 4.45. The van der Waals surface area contributed by atoms with Gasteiger partial charge in [0.15, 0.2) is 11.9 Å². The summed E-state index contributed by atoms with van der Waals surface area (Å²) in [4.78, 5) is 25.0. The number of methoxy groups -OCH3 is 1. The molecule has 9 nitrogen and oxygen atoms in total. The minimum atomic E-state index is -1.04. The maximum atomic E-state index is 12.6. The zero-order valence-electron chi connectivity index (χ0n) is 16.7. The first-order valence-corrected chi connectivity index (χ1v) is 9.15. The molecule has 9 heteroatoms. The van der Waals surface area contributed by atoms with Gasteiger partial charge in [-0.1, -0.05) is 18.2 Å². The SMILES string of the molecule is COc1cn(-c2ccccc2)nc1C(=O)O[C@H](C)C(=O)Nc1ccnn1C(C)C. The van der Waals surface area contributed by atoms with E-state index in [0.717, 1.165) is 5.69 Å². The Morgan fingerprint density at radius 1 is 1.10 bits per heavy atom. The molecule has 0 bridgehead atoms. The summed E-state index contributed by atoms with van der Waals surface area (Å²) in [7, 11) is 1.44. The topological polar surface area (TPSA) is 100 Å². The maximum Gasteiger partial charge on any atom is 0.363 e. The van der Waals surface area contributed by atoms with E-state index in [4.69, 9.17) is 9.47 Å². The van der Waals surface area contributed by atoms with Crippen molar-refractivity contribution < 1.29 is 19.1 Å². The molecule has 3 rings (SSSR count). The number of aromatic nitrogens is 4. The van der Waals surface area contributed by atoms with E-state index in [1.807, 2.05) is 44.2 Å². The van der Waals surface area contributed by atoms with Crippen molar-refractivity contribution in [3.8, 4) is 11.4 Å². The van der Waals surface area contributed by atoms with E-state index in [2.05, 4.69) is 15.5 Å². The molecule has 29 heavy (non-hydrogen) atoms. The van der Waals surface area contributed by atoms with Crippen LogP contribution < -0.4 is 10.1 Å². The number of para-hydroxylation sites is 1. The molecule has 0 spiro atoms. The predicted octanol–water partition coefficient (Wildman–Crippen LogP) is 2.84. The lowest BCUT2D eigenvalue weighted by molar-refractivity contribution is -0.123. The highest BCUT2D eigenvalue weighted by molar-refractivity contribution is 5.97. The highest BCUT2D eigenvalue weighted by atomic mass is 16.6. The summed E-state index contributed by atoms with van der Waals surface area (Å²) in [6.45, 7) is 5.38. The van der Waals surface area contributed by atoms with Gasteiger partial charge in [-0.2, -0.15) is 10.2 Å². The zero-order valence-corrected chi connectivity index (χ0v) is 16.7. The molecule has 0 aliphatic carbocycles. The Morgan fingerprint density at radius 3 is 2.48 bits per heavy atom. The van der Waals surface area contributed by atoms with Gasteiger partial charge in [-0.05, 0) is 32.9 Å². The van der Waals surface area contributed by atoms with Crippen molar-refractivity contribution in [2.45, 2.75) is 32.9 Å². The molecule has 2 heterocycles. The fourth-order valence-corrected chi connectivity index (χ4v) is 2.68. The monoisotopic (exact) mass is 397 g/mol. The van der Waals surface area contributed by atoms with E-state index in [1.165, 1.54) is 18.7 Å². The van der Waals surface area contributed by atoms with Crippen LogP contribution in [-0.4, -0.2) is 44.7 Å². The Labute approximate surface area is 168 Å². The standard InChI is InChI=1S/C20H23N5O4/c1-13(2)25-17(10-11-21-25)22-19(26)14(3)29-20(27)18-16(28-4)12-24(23-18)15-8-6-5-7-9-15/h5-14H,1-4H3,(H,22,26)/t14-/m1/s1. The molecule has 1 atom stereocenters. The van der Waals surface area contributed by atoms with Crippen LogP contribution in [-0.2, 0) is 9.53 Å². The fourth-order valence-electron chi connectivity index (χ4n) is 2.68. The van der Waals surface area contributed by atoms with Gasteiger partial charge in [-0.3, -0.25) is 4.79 Å².